The Kier molecular flexibility index (Phi) is 5.99. The number of likely N-dealkylation sites (N-methyl/N-ethyl adjacent to an activating group) is 1. The molecule has 2 rings (SSSR count). The summed E-state index contributed by atoms with van der Waals surface area (Å²) in [5.74, 6) is -0.781. The Morgan fingerprint density at radius 1 is 1.04 bits per heavy atom. The molecule has 0 bridgehead atoms. The van der Waals surface area contributed by atoms with Crippen molar-refractivity contribution in [1.29, 1.82) is 0 Å². The predicted octanol–water partition coefficient (Wildman–Crippen LogP) is 1.61. The van der Waals surface area contributed by atoms with Crippen LogP contribution in [0.25, 0.3) is 0 Å². The molecule has 7 nitrogen and oxygen atoms in total. The molecular weight excluding hydrogens is 354 g/mol. The maximum Gasteiger partial charge on any atom is 0.261 e. The second kappa shape index (κ2) is 8.01. The molecule has 2 aromatic rings. The number of nitrogens with zero attached hydrogens (tertiary/aromatic N) is 1. The Hall–Kier alpha value is -2.87. The Labute approximate surface area is 153 Å². The summed E-state index contributed by atoms with van der Waals surface area (Å²) >= 11 is 0. The summed E-state index contributed by atoms with van der Waals surface area (Å²) in [7, 11) is -0.672. The van der Waals surface area contributed by atoms with E-state index < -0.39 is 15.9 Å². The third-order valence-electron chi connectivity index (χ3n) is 3.58. The number of carbonyl (C=O) groups excluding carboxylic acids is 2. The molecule has 0 fully saturated rings. The fourth-order valence-corrected chi connectivity index (χ4v) is 3.24. The molecule has 0 aliphatic rings. The van der Waals surface area contributed by atoms with E-state index in [2.05, 4.69) is 10.0 Å². The number of amides is 2. The van der Waals surface area contributed by atoms with Gasteiger partial charge in [0, 0.05) is 25.3 Å². The molecule has 0 saturated heterocycles. The molecule has 0 saturated carbocycles. The van der Waals surface area contributed by atoms with E-state index in [1.54, 1.807) is 32.3 Å². The molecule has 0 aromatic heterocycles. The van der Waals surface area contributed by atoms with Crippen molar-refractivity contribution in [1.82, 2.24) is 10.2 Å². The van der Waals surface area contributed by atoms with Crippen LogP contribution in [0.15, 0.2) is 53.4 Å². The van der Waals surface area contributed by atoms with Gasteiger partial charge in [0.15, 0.2) is 0 Å². The molecule has 2 amide bonds. The van der Waals surface area contributed by atoms with Crippen molar-refractivity contribution in [2.75, 3.05) is 25.4 Å². The standard InChI is InChI=1S/C18H21N3O4S/c1-13-6-4-8-15(10-13)20-26(24,25)16-9-5-7-14(11-16)18(23)19-12-17(22)21(2)3/h4-11,20H,12H2,1-3H3,(H,19,23). The van der Waals surface area contributed by atoms with Gasteiger partial charge in [-0.25, -0.2) is 8.42 Å². The number of anilines is 1. The van der Waals surface area contributed by atoms with Crippen LogP contribution >= 0.6 is 0 Å². The summed E-state index contributed by atoms with van der Waals surface area (Å²) in [5, 5.41) is 2.47. The first-order valence-electron chi connectivity index (χ1n) is 7.87. The van der Waals surface area contributed by atoms with Crippen molar-refractivity contribution in [3.8, 4) is 0 Å². The van der Waals surface area contributed by atoms with Gasteiger partial charge >= 0.3 is 0 Å². The van der Waals surface area contributed by atoms with Crippen LogP contribution in [-0.2, 0) is 14.8 Å². The molecule has 0 unspecified atom stereocenters. The molecule has 0 aliphatic carbocycles. The lowest BCUT2D eigenvalue weighted by Crippen LogP contribution is -2.36. The number of aryl methyl sites for hydroxylation is 1. The first-order chi connectivity index (χ1) is 12.2. The molecule has 0 heterocycles. The monoisotopic (exact) mass is 375 g/mol. The van der Waals surface area contributed by atoms with Gasteiger partial charge in [-0.1, -0.05) is 18.2 Å². The third-order valence-corrected chi connectivity index (χ3v) is 4.95. The molecule has 2 aromatic carbocycles. The van der Waals surface area contributed by atoms with Crippen molar-refractivity contribution >= 4 is 27.5 Å². The second-order valence-electron chi connectivity index (χ2n) is 5.97. The number of benzene rings is 2. The molecule has 8 heteroatoms. The number of carbonyl (C=O) groups is 2. The van der Waals surface area contributed by atoms with Gasteiger partial charge in [0.1, 0.15) is 0 Å². The van der Waals surface area contributed by atoms with Crippen LogP contribution in [0.1, 0.15) is 15.9 Å². The van der Waals surface area contributed by atoms with Crippen LogP contribution in [0, 0.1) is 6.92 Å². The minimum absolute atomic E-state index is 0.0365. The molecule has 0 aliphatic heterocycles. The summed E-state index contributed by atoms with van der Waals surface area (Å²) in [4.78, 5) is 25.0. The van der Waals surface area contributed by atoms with Crippen molar-refractivity contribution in [2.45, 2.75) is 11.8 Å². The molecule has 0 atom stereocenters. The van der Waals surface area contributed by atoms with E-state index in [9.17, 15) is 18.0 Å². The smallest absolute Gasteiger partial charge is 0.261 e. The first kappa shape index (κ1) is 19.5. The van der Waals surface area contributed by atoms with Gasteiger partial charge < -0.3 is 10.2 Å². The lowest BCUT2D eigenvalue weighted by atomic mass is 10.2. The summed E-state index contributed by atoms with van der Waals surface area (Å²) < 4.78 is 27.6. The maximum absolute atomic E-state index is 12.5. The van der Waals surface area contributed by atoms with E-state index in [0.717, 1.165) is 5.56 Å². The Bertz CT molecular complexity index is 924. The van der Waals surface area contributed by atoms with Crippen molar-refractivity contribution in [2.24, 2.45) is 0 Å². The first-order valence-corrected chi connectivity index (χ1v) is 9.35. The zero-order valence-electron chi connectivity index (χ0n) is 14.8. The largest absolute Gasteiger partial charge is 0.347 e. The fourth-order valence-electron chi connectivity index (χ4n) is 2.14. The molecule has 138 valence electrons. The zero-order chi connectivity index (χ0) is 19.3. The second-order valence-corrected chi connectivity index (χ2v) is 7.66. The normalized spacial score (nSPS) is 10.9. The summed E-state index contributed by atoms with van der Waals surface area (Å²) in [5.41, 5.74) is 1.52. The highest BCUT2D eigenvalue weighted by molar-refractivity contribution is 7.92. The summed E-state index contributed by atoms with van der Waals surface area (Å²) in [6, 6.07) is 12.6. The maximum atomic E-state index is 12.5. The average molecular weight is 375 g/mol. The van der Waals surface area contributed by atoms with E-state index in [1.165, 1.54) is 29.2 Å². The Morgan fingerprint density at radius 2 is 1.73 bits per heavy atom. The lowest BCUT2D eigenvalue weighted by Gasteiger charge is -2.12. The van der Waals surface area contributed by atoms with Gasteiger partial charge in [0.05, 0.1) is 11.4 Å². The molecule has 2 N–H and O–H groups in total. The van der Waals surface area contributed by atoms with Crippen LogP contribution < -0.4 is 10.0 Å². The number of rotatable bonds is 6. The highest BCUT2D eigenvalue weighted by Gasteiger charge is 2.17. The Balaban J connectivity index is 2.17. The fraction of sp³-hybridized carbons (Fsp3) is 0.222. The minimum atomic E-state index is -3.84. The minimum Gasteiger partial charge on any atom is -0.347 e. The number of hydrogen-bond acceptors (Lipinski definition) is 4. The summed E-state index contributed by atoms with van der Waals surface area (Å²) in [6.45, 7) is 1.70. The zero-order valence-corrected chi connectivity index (χ0v) is 15.6. The van der Waals surface area contributed by atoms with Crippen molar-refractivity contribution in [3.05, 3.63) is 59.7 Å². The van der Waals surface area contributed by atoms with Gasteiger partial charge in [0.2, 0.25) is 5.91 Å². The molecule has 26 heavy (non-hydrogen) atoms. The number of hydrogen-bond donors (Lipinski definition) is 2. The molecular formula is C18H21N3O4S. The SMILES string of the molecule is Cc1cccc(NS(=O)(=O)c2cccc(C(=O)NCC(=O)N(C)C)c2)c1. The summed E-state index contributed by atoms with van der Waals surface area (Å²) in [6.07, 6.45) is 0. The molecule has 0 radical (unpaired) electrons. The number of sulfonamides is 1. The quantitative estimate of drug-likeness (QED) is 0.802. The predicted molar refractivity (Wildman–Crippen MR) is 99.5 cm³/mol. The van der Waals surface area contributed by atoms with E-state index in [-0.39, 0.29) is 22.9 Å². The van der Waals surface area contributed by atoms with Gasteiger partial charge in [-0.2, -0.15) is 0 Å². The van der Waals surface area contributed by atoms with E-state index in [1.807, 2.05) is 13.0 Å². The van der Waals surface area contributed by atoms with Crippen LogP contribution in [0.3, 0.4) is 0 Å². The lowest BCUT2D eigenvalue weighted by molar-refractivity contribution is -0.127. The topological polar surface area (TPSA) is 95.6 Å². The van der Waals surface area contributed by atoms with Crippen LogP contribution in [0.5, 0.6) is 0 Å². The van der Waals surface area contributed by atoms with Crippen LogP contribution in [0.2, 0.25) is 0 Å². The molecule has 0 spiro atoms. The van der Waals surface area contributed by atoms with Gasteiger partial charge in [-0.15, -0.1) is 0 Å². The average Bonchev–Trinajstić information content (AvgIpc) is 2.59. The van der Waals surface area contributed by atoms with Crippen LogP contribution in [-0.4, -0.2) is 45.8 Å². The Morgan fingerprint density at radius 3 is 2.38 bits per heavy atom. The highest BCUT2D eigenvalue weighted by atomic mass is 32.2. The van der Waals surface area contributed by atoms with Gasteiger partial charge in [-0.05, 0) is 42.8 Å². The van der Waals surface area contributed by atoms with E-state index in [4.69, 9.17) is 0 Å². The highest BCUT2D eigenvalue weighted by Crippen LogP contribution is 2.18. The van der Waals surface area contributed by atoms with Crippen molar-refractivity contribution < 1.29 is 18.0 Å². The van der Waals surface area contributed by atoms with E-state index in [0.29, 0.717) is 5.69 Å². The van der Waals surface area contributed by atoms with Crippen LogP contribution in [0.4, 0.5) is 5.69 Å². The van der Waals surface area contributed by atoms with E-state index >= 15 is 0 Å². The van der Waals surface area contributed by atoms with Gasteiger partial charge in [0.25, 0.3) is 15.9 Å². The van der Waals surface area contributed by atoms with Crippen molar-refractivity contribution in [3.63, 3.8) is 0 Å². The van der Waals surface area contributed by atoms with Gasteiger partial charge in [-0.3, -0.25) is 14.3 Å². The third kappa shape index (κ3) is 5.06. The number of nitrogens with one attached hydrogen (secondary N) is 2.